The number of aliphatic hydroxyl groups is 1. The zero-order valence-corrected chi connectivity index (χ0v) is 35.6. The molecule has 0 aliphatic rings. The molecule has 0 aromatic rings. The molecule has 6 nitrogen and oxygen atoms in total. The standard InChI is InChI=1S/C46H91NO5/c1-5-8-11-14-16-21-28-35-44(34-27-20-15-12-9-6-2)52-46(50)37-30-23-18-25-32-39-47(40-41-48)38-31-24-17-22-29-36-45(49)51-42-43(4)33-26-19-13-10-7-3/h43-44,48H,5-42H2,1-4H3. The number of unbranched alkanes of at least 4 members (excludes halogenated alkanes) is 23. The van der Waals surface area contributed by atoms with Crippen LogP contribution in [-0.2, 0) is 19.1 Å². The van der Waals surface area contributed by atoms with Gasteiger partial charge in [-0.15, -0.1) is 0 Å². The summed E-state index contributed by atoms with van der Waals surface area (Å²) in [6.45, 7) is 12.6. The molecule has 0 amide bonds. The summed E-state index contributed by atoms with van der Waals surface area (Å²) in [5, 5.41) is 9.56. The summed E-state index contributed by atoms with van der Waals surface area (Å²) in [6, 6.07) is 0. The third-order valence-corrected chi connectivity index (χ3v) is 10.8. The van der Waals surface area contributed by atoms with Gasteiger partial charge in [-0.2, -0.15) is 0 Å². The summed E-state index contributed by atoms with van der Waals surface area (Å²) in [5.74, 6) is 0.444. The number of carbonyl (C=O) groups excluding carboxylic acids is 2. The first kappa shape index (κ1) is 50.9. The lowest BCUT2D eigenvalue weighted by Crippen LogP contribution is -2.29. The van der Waals surface area contributed by atoms with E-state index in [-0.39, 0.29) is 24.6 Å². The second kappa shape index (κ2) is 41.0. The topological polar surface area (TPSA) is 76.1 Å². The summed E-state index contributed by atoms with van der Waals surface area (Å²) in [5.41, 5.74) is 0. The first-order valence-electron chi connectivity index (χ1n) is 23.1. The van der Waals surface area contributed by atoms with Gasteiger partial charge < -0.3 is 19.5 Å². The van der Waals surface area contributed by atoms with Crippen molar-refractivity contribution in [2.45, 2.75) is 246 Å². The van der Waals surface area contributed by atoms with Crippen LogP contribution >= 0.6 is 0 Å². The van der Waals surface area contributed by atoms with E-state index in [0.29, 0.717) is 25.4 Å². The molecule has 0 aromatic carbocycles. The van der Waals surface area contributed by atoms with Crippen molar-refractivity contribution in [3.63, 3.8) is 0 Å². The molecule has 2 atom stereocenters. The Balaban J connectivity index is 4.01. The molecule has 52 heavy (non-hydrogen) atoms. The third-order valence-electron chi connectivity index (χ3n) is 10.8. The van der Waals surface area contributed by atoms with Gasteiger partial charge in [-0.3, -0.25) is 9.59 Å². The van der Waals surface area contributed by atoms with Crippen LogP contribution in [0.15, 0.2) is 0 Å². The lowest BCUT2D eigenvalue weighted by Gasteiger charge is -2.21. The highest BCUT2D eigenvalue weighted by Crippen LogP contribution is 2.19. The summed E-state index contributed by atoms with van der Waals surface area (Å²) >= 11 is 0. The van der Waals surface area contributed by atoms with E-state index in [4.69, 9.17) is 9.47 Å². The fourth-order valence-electron chi connectivity index (χ4n) is 7.22. The van der Waals surface area contributed by atoms with Crippen molar-refractivity contribution in [3.8, 4) is 0 Å². The van der Waals surface area contributed by atoms with E-state index >= 15 is 0 Å². The highest BCUT2D eigenvalue weighted by atomic mass is 16.5. The van der Waals surface area contributed by atoms with Crippen molar-refractivity contribution in [3.05, 3.63) is 0 Å². The van der Waals surface area contributed by atoms with E-state index in [1.165, 1.54) is 128 Å². The van der Waals surface area contributed by atoms with Crippen LogP contribution in [0, 0.1) is 5.92 Å². The van der Waals surface area contributed by atoms with Gasteiger partial charge >= 0.3 is 11.9 Å². The highest BCUT2D eigenvalue weighted by Gasteiger charge is 2.14. The molecule has 310 valence electrons. The molecule has 0 heterocycles. The SMILES string of the molecule is CCCCCCCCCC(CCCCCCCC)OC(=O)CCCCCCCN(CCO)CCCCCCCC(=O)OCC(C)CCCCCCC. The smallest absolute Gasteiger partial charge is 0.306 e. The number of hydrogen-bond acceptors (Lipinski definition) is 6. The highest BCUT2D eigenvalue weighted by molar-refractivity contribution is 5.69. The quantitative estimate of drug-likeness (QED) is 0.0496. The van der Waals surface area contributed by atoms with Crippen LogP contribution in [0.25, 0.3) is 0 Å². The molecule has 0 saturated heterocycles. The Hall–Kier alpha value is -1.14. The Morgan fingerprint density at radius 3 is 1.33 bits per heavy atom. The Morgan fingerprint density at radius 1 is 0.481 bits per heavy atom. The number of hydrogen-bond donors (Lipinski definition) is 1. The molecule has 0 aromatic heterocycles. The second-order valence-electron chi connectivity index (χ2n) is 16.2. The van der Waals surface area contributed by atoms with Crippen LogP contribution in [0.2, 0.25) is 0 Å². The van der Waals surface area contributed by atoms with E-state index in [2.05, 4.69) is 32.6 Å². The molecule has 0 saturated carbocycles. The zero-order chi connectivity index (χ0) is 38.2. The lowest BCUT2D eigenvalue weighted by molar-refractivity contribution is -0.150. The van der Waals surface area contributed by atoms with Gasteiger partial charge in [-0.05, 0) is 76.8 Å². The van der Waals surface area contributed by atoms with Crippen LogP contribution in [0.4, 0.5) is 0 Å². The lowest BCUT2D eigenvalue weighted by atomic mass is 10.0. The van der Waals surface area contributed by atoms with Crippen LogP contribution in [0.5, 0.6) is 0 Å². The minimum Gasteiger partial charge on any atom is -0.465 e. The number of carbonyl (C=O) groups is 2. The number of nitrogens with zero attached hydrogens (tertiary/aromatic N) is 1. The first-order chi connectivity index (χ1) is 25.5. The maximum atomic E-state index is 12.7. The Morgan fingerprint density at radius 2 is 0.865 bits per heavy atom. The molecule has 0 aliphatic heterocycles. The van der Waals surface area contributed by atoms with Crippen molar-refractivity contribution >= 4 is 11.9 Å². The maximum absolute atomic E-state index is 12.7. The Kier molecular flexibility index (Phi) is 40.1. The van der Waals surface area contributed by atoms with Gasteiger partial charge in [0.25, 0.3) is 0 Å². The molecule has 0 bridgehead atoms. The van der Waals surface area contributed by atoms with E-state index < -0.39 is 0 Å². The minimum atomic E-state index is -0.0339. The molecule has 6 heteroatoms. The second-order valence-corrected chi connectivity index (χ2v) is 16.2. The Bertz CT molecular complexity index is 746. The predicted octanol–water partition coefficient (Wildman–Crippen LogP) is 13.3. The van der Waals surface area contributed by atoms with E-state index in [0.717, 1.165) is 90.3 Å². The van der Waals surface area contributed by atoms with E-state index in [1.807, 2.05) is 0 Å². The van der Waals surface area contributed by atoms with Gasteiger partial charge in [0.2, 0.25) is 0 Å². The molecule has 0 aliphatic carbocycles. The van der Waals surface area contributed by atoms with Crippen molar-refractivity contribution < 1.29 is 24.2 Å². The molecule has 0 radical (unpaired) electrons. The van der Waals surface area contributed by atoms with E-state index in [9.17, 15) is 14.7 Å². The van der Waals surface area contributed by atoms with Crippen LogP contribution in [0.3, 0.4) is 0 Å². The normalized spacial score (nSPS) is 12.7. The van der Waals surface area contributed by atoms with Crippen molar-refractivity contribution in [1.82, 2.24) is 4.90 Å². The largest absolute Gasteiger partial charge is 0.465 e. The van der Waals surface area contributed by atoms with Crippen LogP contribution in [-0.4, -0.2) is 60.9 Å². The summed E-state index contributed by atoms with van der Waals surface area (Å²) < 4.78 is 11.6. The third kappa shape index (κ3) is 37.2. The fraction of sp³-hybridized carbons (Fsp3) is 0.957. The molecule has 1 N–H and O–H groups in total. The number of aliphatic hydroxyl groups excluding tert-OH is 1. The van der Waals surface area contributed by atoms with Gasteiger partial charge in [-0.1, -0.05) is 169 Å². The fourth-order valence-corrected chi connectivity index (χ4v) is 7.22. The zero-order valence-electron chi connectivity index (χ0n) is 35.6. The summed E-state index contributed by atoms with van der Waals surface area (Å²) in [6.07, 6.45) is 38.6. The maximum Gasteiger partial charge on any atom is 0.306 e. The predicted molar refractivity (Wildman–Crippen MR) is 223 cm³/mol. The molecule has 2 unspecified atom stereocenters. The van der Waals surface area contributed by atoms with Crippen molar-refractivity contribution in [2.24, 2.45) is 5.92 Å². The van der Waals surface area contributed by atoms with Crippen LogP contribution < -0.4 is 0 Å². The van der Waals surface area contributed by atoms with Gasteiger partial charge in [0, 0.05) is 19.4 Å². The van der Waals surface area contributed by atoms with Gasteiger partial charge in [0.05, 0.1) is 13.2 Å². The average Bonchev–Trinajstić information content (AvgIpc) is 3.13. The van der Waals surface area contributed by atoms with Gasteiger partial charge in [-0.25, -0.2) is 0 Å². The van der Waals surface area contributed by atoms with Gasteiger partial charge in [0.1, 0.15) is 6.10 Å². The molecule has 0 spiro atoms. The molecule has 0 fully saturated rings. The Labute approximate surface area is 324 Å². The monoisotopic (exact) mass is 738 g/mol. The number of ether oxygens (including phenoxy) is 2. The molecular formula is C46H91NO5. The minimum absolute atomic E-state index is 0.0152. The number of esters is 2. The summed E-state index contributed by atoms with van der Waals surface area (Å²) in [7, 11) is 0. The van der Waals surface area contributed by atoms with Crippen LogP contribution in [0.1, 0.15) is 240 Å². The first-order valence-corrected chi connectivity index (χ1v) is 23.1. The molecular weight excluding hydrogens is 647 g/mol. The number of rotatable bonds is 42. The van der Waals surface area contributed by atoms with Crippen molar-refractivity contribution in [2.75, 3.05) is 32.8 Å². The summed E-state index contributed by atoms with van der Waals surface area (Å²) in [4.78, 5) is 27.2. The van der Waals surface area contributed by atoms with E-state index in [1.54, 1.807) is 0 Å². The molecule has 0 rings (SSSR count). The van der Waals surface area contributed by atoms with Crippen molar-refractivity contribution in [1.29, 1.82) is 0 Å². The average molecular weight is 738 g/mol. The van der Waals surface area contributed by atoms with Gasteiger partial charge in [0.15, 0.2) is 0 Å².